The number of nitrogens with zero attached hydrogens (tertiary/aromatic N) is 6. The zero-order chi connectivity index (χ0) is 21.4. The Morgan fingerprint density at radius 3 is 2.66 bits per heavy atom. The van der Waals surface area contributed by atoms with Gasteiger partial charge in [0.25, 0.3) is 0 Å². The summed E-state index contributed by atoms with van der Waals surface area (Å²) in [5, 5.41) is 24.0. The Labute approximate surface area is 169 Å². The van der Waals surface area contributed by atoms with Gasteiger partial charge >= 0.3 is 0 Å². The van der Waals surface area contributed by atoms with Gasteiger partial charge in [0.15, 0.2) is 11.6 Å². The Bertz CT molecular complexity index is 884. The molecule has 2 fully saturated rings. The number of fused-ring (bicyclic) bond motifs is 1. The third kappa shape index (κ3) is 3.47. The second kappa shape index (κ2) is 7.68. The molecule has 3 heterocycles. The number of hydrogen-bond acceptors (Lipinski definition) is 7. The average molecular weight is 402 g/mol. The Morgan fingerprint density at radius 1 is 1.38 bits per heavy atom. The molecule has 4 atom stereocenters. The summed E-state index contributed by atoms with van der Waals surface area (Å²) in [6.45, 7) is 6.84. The van der Waals surface area contributed by atoms with Crippen LogP contribution in [0.15, 0.2) is 27.2 Å². The number of aliphatic hydroxyl groups excluding tert-OH is 1. The quantitative estimate of drug-likeness (QED) is 0.568. The number of ether oxygens (including phenoxy) is 3. The van der Waals surface area contributed by atoms with Gasteiger partial charge < -0.3 is 24.2 Å². The van der Waals surface area contributed by atoms with Gasteiger partial charge in [0.1, 0.15) is 30.1 Å². The predicted octanol–water partition coefficient (Wildman–Crippen LogP) is 0.548. The molecular weight excluding hydrogens is 376 g/mol. The highest BCUT2D eigenvalue weighted by Crippen LogP contribution is 2.49. The number of aliphatic hydroxyl groups is 1. The molecule has 1 aromatic heterocycles. The van der Waals surface area contributed by atoms with Crippen LogP contribution in [0.1, 0.15) is 25.2 Å². The fourth-order valence-electron chi connectivity index (χ4n) is 3.68. The van der Waals surface area contributed by atoms with Crippen molar-refractivity contribution in [2.45, 2.75) is 43.5 Å². The third-order valence-corrected chi connectivity index (χ3v) is 4.81. The van der Waals surface area contributed by atoms with Crippen molar-refractivity contribution in [2.75, 3.05) is 27.7 Å². The number of aliphatic imine (C=N–C) groups is 2. The number of amidine groups is 1. The van der Waals surface area contributed by atoms with Gasteiger partial charge in [-0.2, -0.15) is 10.4 Å². The van der Waals surface area contributed by atoms with E-state index < -0.39 is 29.7 Å². The van der Waals surface area contributed by atoms with E-state index in [1.54, 1.807) is 44.3 Å². The summed E-state index contributed by atoms with van der Waals surface area (Å²) < 4.78 is 19.4. The zero-order valence-electron chi connectivity index (χ0n) is 17.2. The summed E-state index contributed by atoms with van der Waals surface area (Å²) in [5.74, 6) is -0.509. The van der Waals surface area contributed by atoms with Gasteiger partial charge in [-0.1, -0.05) is 0 Å². The van der Waals surface area contributed by atoms with Gasteiger partial charge in [0.2, 0.25) is 5.60 Å². The predicted molar refractivity (Wildman–Crippen MR) is 107 cm³/mol. The normalized spacial score (nSPS) is 31.1. The summed E-state index contributed by atoms with van der Waals surface area (Å²) in [5.41, 5.74) is -0.607. The first-order chi connectivity index (χ1) is 13.7. The molecule has 0 spiro atoms. The lowest BCUT2D eigenvalue weighted by atomic mass is 9.92. The van der Waals surface area contributed by atoms with E-state index in [-0.39, 0.29) is 6.61 Å². The van der Waals surface area contributed by atoms with Crippen molar-refractivity contribution in [3.05, 3.63) is 23.5 Å². The molecule has 2 saturated heterocycles. The summed E-state index contributed by atoms with van der Waals surface area (Å²) in [4.78, 5) is 10.3. The molecular formula is C19H26N6O4. The van der Waals surface area contributed by atoms with Crippen LogP contribution in [0.4, 0.5) is 0 Å². The van der Waals surface area contributed by atoms with Crippen LogP contribution in [-0.2, 0) is 19.8 Å². The summed E-state index contributed by atoms with van der Waals surface area (Å²) >= 11 is 0. The number of aromatic nitrogens is 1. The fraction of sp³-hybridized carbons (Fsp3) is 0.579. The van der Waals surface area contributed by atoms with Gasteiger partial charge in [0, 0.05) is 27.9 Å². The van der Waals surface area contributed by atoms with E-state index in [0.717, 1.165) is 0 Å². The highest BCUT2D eigenvalue weighted by Gasteiger charge is 2.65. The first kappa shape index (κ1) is 21.1. The van der Waals surface area contributed by atoms with E-state index >= 15 is 0 Å². The van der Waals surface area contributed by atoms with Crippen LogP contribution in [0, 0.1) is 11.3 Å². The van der Waals surface area contributed by atoms with Crippen LogP contribution in [0.5, 0.6) is 0 Å². The SMILES string of the molecule is C=Nn1c(C(/N=C\N(C)C)=N\C)ccc1[C@]1(C#N)O[C@H](CO)[C@H]2OC(C)(C)O[C@H]21. The van der Waals surface area contributed by atoms with E-state index in [9.17, 15) is 10.4 Å². The molecule has 2 aliphatic heterocycles. The van der Waals surface area contributed by atoms with Crippen LogP contribution in [-0.4, -0.2) is 85.4 Å². The molecule has 10 heteroatoms. The molecule has 0 bridgehead atoms. The fourth-order valence-corrected chi connectivity index (χ4v) is 3.68. The van der Waals surface area contributed by atoms with Gasteiger partial charge in [0.05, 0.1) is 18.6 Å². The van der Waals surface area contributed by atoms with Crippen molar-refractivity contribution in [3.63, 3.8) is 0 Å². The molecule has 2 aliphatic rings. The molecule has 0 saturated carbocycles. The molecule has 0 unspecified atom stereocenters. The maximum atomic E-state index is 10.2. The van der Waals surface area contributed by atoms with Crippen LogP contribution in [0.2, 0.25) is 0 Å². The Balaban J connectivity index is 2.11. The van der Waals surface area contributed by atoms with E-state index in [1.807, 2.05) is 14.1 Å². The highest BCUT2D eigenvalue weighted by molar-refractivity contribution is 6.01. The number of hydrogen-bond donors (Lipinski definition) is 1. The Morgan fingerprint density at radius 2 is 2.10 bits per heavy atom. The summed E-state index contributed by atoms with van der Waals surface area (Å²) in [6, 6.07) is 5.67. The molecule has 156 valence electrons. The molecule has 3 rings (SSSR count). The summed E-state index contributed by atoms with van der Waals surface area (Å²) in [7, 11) is 5.31. The molecule has 0 aliphatic carbocycles. The monoisotopic (exact) mass is 402 g/mol. The van der Waals surface area contributed by atoms with E-state index in [1.165, 1.54) is 4.68 Å². The Hall–Kier alpha value is -2.58. The zero-order valence-corrected chi connectivity index (χ0v) is 17.2. The standard InChI is InChI=1S/C19H26N6O4/c1-18(2)28-15-13(9-26)27-19(10-20,16(15)29-18)14-8-7-12(25(14)22-4)17(21-3)23-11-24(5)6/h7-8,11,13,15-16,26H,4,9H2,1-3,5-6H3/b21-17+,23-11-/t13-,15-,16-,19+/m1/s1. The second-order valence-corrected chi connectivity index (χ2v) is 7.52. The van der Waals surface area contributed by atoms with Crippen molar-refractivity contribution in [1.82, 2.24) is 9.58 Å². The van der Waals surface area contributed by atoms with Crippen molar-refractivity contribution in [3.8, 4) is 6.07 Å². The number of nitriles is 1. The lowest BCUT2D eigenvalue weighted by molar-refractivity contribution is -0.204. The maximum Gasteiger partial charge on any atom is 0.226 e. The molecule has 0 amide bonds. The Kier molecular flexibility index (Phi) is 5.60. The van der Waals surface area contributed by atoms with Gasteiger partial charge in [-0.3, -0.25) is 4.99 Å². The van der Waals surface area contributed by atoms with Crippen molar-refractivity contribution in [2.24, 2.45) is 15.1 Å². The maximum absolute atomic E-state index is 10.2. The largest absolute Gasteiger partial charge is 0.394 e. The molecule has 0 radical (unpaired) electrons. The van der Waals surface area contributed by atoms with E-state index in [0.29, 0.717) is 17.2 Å². The summed E-state index contributed by atoms with van der Waals surface area (Å²) in [6.07, 6.45) is -0.459. The van der Waals surface area contributed by atoms with Crippen molar-refractivity contribution >= 4 is 18.9 Å². The first-order valence-electron chi connectivity index (χ1n) is 9.15. The van der Waals surface area contributed by atoms with Crippen molar-refractivity contribution < 1.29 is 19.3 Å². The van der Waals surface area contributed by atoms with Crippen LogP contribution in [0.25, 0.3) is 0 Å². The second-order valence-electron chi connectivity index (χ2n) is 7.52. The van der Waals surface area contributed by atoms with Crippen LogP contribution in [0.3, 0.4) is 0 Å². The first-order valence-corrected chi connectivity index (χ1v) is 9.15. The smallest absolute Gasteiger partial charge is 0.226 e. The van der Waals surface area contributed by atoms with Crippen LogP contribution < -0.4 is 0 Å². The average Bonchev–Trinajstić information content (AvgIpc) is 3.32. The van der Waals surface area contributed by atoms with Gasteiger partial charge in [-0.05, 0) is 26.0 Å². The lowest BCUT2D eigenvalue weighted by Crippen LogP contribution is -2.41. The minimum atomic E-state index is -1.55. The van der Waals surface area contributed by atoms with Gasteiger partial charge in [-0.15, -0.1) is 0 Å². The lowest BCUT2D eigenvalue weighted by Gasteiger charge is -2.29. The van der Waals surface area contributed by atoms with E-state index in [2.05, 4.69) is 27.9 Å². The number of rotatable bonds is 5. The minimum absolute atomic E-state index is 0.312. The van der Waals surface area contributed by atoms with Gasteiger partial charge in [-0.25, -0.2) is 9.67 Å². The third-order valence-electron chi connectivity index (χ3n) is 4.81. The van der Waals surface area contributed by atoms with E-state index in [4.69, 9.17) is 14.2 Å². The topological polar surface area (TPSA) is 117 Å². The molecule has 0 aromatic carbocycles. The highest BCUT2D eigenvalue weighted by atomic mass is 16.8. The van der Waals surface area contributed by atoms with Crippen molar-refractivity contribution in [1.29, 1.82) is 5.26 Å². The molecule has 1 N–H and O–H groups in total. The molecule has 10 nitrogen and oxygen atoms in total. The minimum Gasteiger partial charge on any atom is -0.394 e. The molecule has 1 aromatic rings. The van der Waals surface area contributed by atoms with Crippen LogP contribution >= 0.6 is 0 Å². The molecule has 29 heavy (non-hydrogen) atoms.